The summed E-state index contributed by atoms with van der Waals surface area (Å²) in [5.74, 6) is -0.422. The van der Waals surface area contributed by atoms with E-state index in [4.69, 9.17) is 27.1 Å². The quantitative estimate of drug-likeness (QED) is 0.710. The lowest BCUT2D eigenvalue weighted by atomic mass is 10.0. The number of esters is 1. The first-order chi connectivity index (χ1) is 12.0. The van der Waals surface area contributed by atoms with Crippen LogP contribution in [0.5, 0.6) is 0 Å². The molecule has 1 atom stereocenters. The van der Waals surface area contributed by atoms with E-state index >= 15 is 0 Å². The van der Waals surface area contributed by atoms with Crippen molar-refractivity contribution in [2.24, 2.45) is 5.73 Å². The maximum atomic E-state index is 12.0. The van der Waals surface area contributed by atoms with Crippen molar-refractivity contribution in [3.8, 4) is 11.3 Å². The van der Waals surface area contributed by atoms with E-state index in [-0.39, 0.29) is 0 Å². The SMILES string of the molecule is CCOC(=O)C(N)Cc1c(-c2ccc(C)cc2)nc2ccc(Cl)cn12. The molecule has 0 saturated carbocycles. The van der Waals surface area contributed by atoms with Gasteiger partial charge in [0.15, 0.2) is 0 Å². The third kappa shape index (κ3) is 3.67. The van der Waals surface area contributed by atoms with Crippen molar-refractivity contribution >= 4 is 23.2 Å². The van der Waals surface area contributed by atoms with Crippen molar-refractivity contribution in [2.75, 3.05) is 6.61 Å². The molecule has 1 aromatic carbocycles. The van der Waals surface area contributed by atoms with E-state index in [1.165, 1.54) is 5.56 Å². The Balaban J connectivity index is 2.09. The molecule has 0 fully saturated rings. The second-order valence-corrected chi connectivity index (χ2v) is 6.35. The maximum absolute atomic E-state index is 12.0. The van der Waals surface area contributed by atoms with Crippen molar-refractivity contribution in [3.63, 3.8) is 0 Å². The number of halogens is 1. The van der Waals surface area contributed by atoms with E-state index in [2.05, 4.69) is 0 Å². The number of fused-ring (bicyclic) bond motifs is 1. The van der Waals surface area contributed by atoms with E-state index in [9.17, 15) is 4.79 Å². The van der Waals surface area contributed by atoms with Gasteiger partial charge in [0.2, 0.25) is 0 Å². The number of rotatable bonds is 5. The fourth-order valence-corrected chi connectivity index (χ4v) is 2.91. The van der Waals surface area contributed by atoms with Gasteiger partial charge in [-0.05, 0) is 26.0 Å². The number of ether oxygens (including phenoxy) is 1. The zero-order valence-corrected chi connectivity index (χ0v) is 15.0. The maximum Gasteiger partial charge on any atom is 0.323 e. The minimum Gasteiger partial charge on any atom is -0.465 e. The number of aryl methyl sites for hydroxylation is 1. The summed E-state index contributed by atoms with van der Waals surface area (Å²) in [6.07, 6.45) is 2.10. The molecule has 0 aliphatic rings. The Morgan fingerprint density at radius 3 is 2.68 bits per heavy atom. The van der Waals surface area contributed by atoms with Crippen LogP contribution in [0.3, 0.4) is 0 Å². The van der Waals surface area contributed by atoms with Crippen LogP contribution >= 0.6 is 11.6 Å². The summed E-state index contributed by atoms with van der Waals surface area (Å²) in [5, 5.41) is 0.589. The van der Waals surface area contributed by atoms with Gasteiger partial charge in [0, 0.05) is 18.2 Å². The summed E-state index contributed by atoms with van der Waals surface area (Å²) in [5.41, 5.74) is 10.6. The molecule has 130 valence electrons. The van der Waals surface area contributed by atoms with Crippen molar-refractivity contribution in [3.05, 3.63) is 58.9 Å². The van der Waals surface area contributed by atoms with Gasteiger partial charge in [0.25, 0.3) is 0 Å². The van der Waals surface area contributed by atoms with E-state index in [1.807, 2.05) is 41.7 Å². The predicted octanol–water partition coefficient (Wildman–Crippen LogP) is 3.40. The van der Waals surface area contributed by atoms with Crippen LogP contribution in [0, 0.1) is 6.92 Å². The highest BCUT2D eigenvalue weighted by Gasteiger charge is 2.21. The number of imidazole rings is 1. The minimum absolute atomic E-state index is 0.302. The zero-order valence-electron chi connectivity index (χ0n) is 14.2. The van der Waals surface area contributed by atoms with Gasteiger partial charge < -0.3 is 14.9 Å². The molecule has 5 nitrogen and oxygen atoms in total. The first-order valence-corrected chi connectivity index (χ1v) is 8.53. The Bertz CT molecular complexity index is 903. The van der Waals surface area contributed by atoms with Crippen LogP contribution in [-0.2, 0) is 16.0 Å². The predicted molar refractivity (Wildman–Crippen MR) is 98.7 cm³/mol. The molecular formula is C19H20ClN3O2. The molecule has 0 bridgehead atoms. The number of nitrogens with zero attached hydrogens (tertiary/aromatic N) is 2. The van der Waals surface area contributed by atoms with Crippen LogP contribution in [0.1, 0.15) is 18.2 Å². The Labute approximate surface area is 151 Å². The number of pyridine rings is 1. The van der Waals surface area contributed by atoms with E-state index < -0.39 is 12.0 Å². The largest absolute Gasteiger partial charge is 0.465 e. The minimum atomic E-state index is -0.761. The Morgan fingerprint density at radius 1 is 1.28 bits per heavy atom. The molecule has 0 aliphatic carbocycles. The lowest BCUT2D eigenvalue weighted by molar-refractivity contribution is -0.144. The molecule has 3 rings (SSSR count). The fraction of sp³-hybridized carbons (Fsp3) is 0.263. The summed E-state index contributed by atoms with van der Waals surface area (Å²) in [4.78, 5) is 16.7. The molecule has 2 heterocycles. The molecular weight excluding hydrogens is 338 g/mol. The topological polar surface area (TPSA) is 69.6 Å². The molecule has 0 saturated heterocycles. The summed E-state index contributed by atoms with van der Waals surface area (Å²) in [6, 6.07) is 11.0. The summed E-state index contributed by atoms with van der Waals surface area (Å²) in [7, 11) is 0. The first-order valence-electron chi connectivity index (χ1n) is 8.15. The fourth-order valence-electron chi connectivity index (χ4n) is 2.75. The van der Waals surface area contributed by atoms with Crippen LogP contribution in [0.15, 0.2) is 42.6 Å². The molecule has 6 heteroatoms. The average Bonchev–Trinajstić information content (AvgIpc) is 2.93. The molecule has 2 N–H and O–H groups in total. The number of nitrogens with two attached hydrogens (primary N) is 1. The number of hydrogen-bond acceptors (Lipinski definition) is 4. The van der Waals surface area contributed by atoms with Gasteiger partial charge in [-0.1, -0.05) is 41.4 Å². The molecule has 3 aromatic rings. The van der Waals surface area contributed by atoms with Gasteiger partial charge in [-0.2, -0.15) is 0 Å². The Hall–Kier alpha value is -2.37. The van der Waals surface area contributed by atoms with Crippen molar-refractivity contribution < 1.29 is 9.53 Å². The summed E-state index contributed by atoms with van der Waals surface area (Å²) >= 11 is 6.14. The third-order valence-corrected chi connectivity index (χ3v) is 4.23. The Morgan fingerprint density at radius 2 is 2.00 bits per heavy atom. The second kappa shape index (κ2) is 7.25. The smallest absolute Gasteiger partial charge is 0.323 e. The Kier molecular flexibility index (Phi) is 5.06. The summed E-state index contributed by atoms with van der Waals surface area (Å²) < 4.78 is 6.92. The van der Waals surface area contributed by atoms with Gasteiger partial charge in [-0.25, -0.2) is 4.98 Å². The van der Waals surface area contributed by atoms with Crippen LogP contribution in [0.4, 0.5) is 0 Å². The monoisotopic (exact) mass is 357 g/mol. The first kappa shape index (κ1) is 17.5. The van der Waals surface area contributed by atoms with Gasteiger partial charge in [-0.3, -0.25) is 4.79 Å². The molecule has 0 aliphatic heterocycles. The highest BCUT2D eigenvalue weighted by molar-refractivity contribution is 6.30. The highest BCUT2D eigenvalue weighted by Crippen LogP contribution is 2.27. The number of aromatic nitrogens is 2. The highest BCUT2D eigenvalue weighted by atomic mass is 35.5. The third-order valence-electron chi connectivity index (χ3n) is 4.01. The van der Waals surface area contributed by atoms with Crippen molar-refractivity contribution in [1.82, 2.24) is 9.38 Å². The molecule has 0 radical (unpaired) electrons. The zero-order chi connectivity index (χ0) is 18.0. The lowest BCUT2D eigenvalue weighted by Gasteiger charge is -2.12. The van der Waals surface area contributed by atoms with Crippen LogP contribution in [-0.4, -0.2) is 28.0 Å². The van der Waals surface area contributed by atoms with Crippen LogP contribution in [0.2, 0.25) is 5.02 Å². The number of carbonyl (C=O) groups is 1. The van der Waals surface area contributed by atoms with Gasteiger partial charge in [0.1, 0.15) is 11.7 Å². The molecule has 25 heavy (non-hydrogen) atoms. The van der Waals surface area contributed by atoms with E-state index in [0.717, 1.165) is 22.6 Å². The number of carbonyl (C=O) groups excluding carboxylic acids is 1. The molecule has 0 spiro atoms. The standard InChI is InChI=1S/C19H20ClN3O2/c1-3-25-19(24)15(21)10-16-18(13-6-4-12(2)5-7-13)22-17-9-8-14(20)11-23(16)17/h4-9,11,15H,3,10,21H2,1-2H3. The molecule has 2 aromatic heterocycles. The molecule has 1 unspecified atom stereocenters. The second-order valence-electron chi connectivity index (χ2n) is 5.91. The average molecular weight is 358 g/mol. The van der Waals surface area contributed by atoms with E-state index in [1.54, 1.807) is 19.2 Å². The van der Waals surface area contributed by atoms with Crippen molar-refractivity contribution in [1.29, 1.82) is 0 Å². The van der Waals surface area contributed by atoms with Gasteiger partial charge in [-0.15, -0.1) is 0 Å². The molecule has 0 amide bonds. The van der Waals surface area contributed by atoms with Crippen molar-refractivity contribution in [2.45, 2.75) is 26.3 Å². The number of benzene rings is 1. The van der Waals surface area contributed by atoms with Crippen LogP contribution < -0.4 is 5.73 Å². The normalized spacial score (nSPS) is 12.3. The van der Waals surface area contributed by atoms with Gasteiger partial charge in [0.05, 0.1) is 23.0 Å². The van der Waals surface area contributed by atoms with Gasteiger partial charge >= 0.3 is 5.97 Å². The lowest BCUT2D eigenvalue weighted by Crippen LogP contribution is -2.34. The number of hydrogen-bond donors (Lipinski definition) is 1. The van der Waals surface area contributed by atoms with E-state index in [0.29, 0.717) is 18.1 Å². The van der Waals surface area contributed by atoms with Crippen LogP contribution in [0.25, 0.3) is 16.9 Å². The summed E-state index contributed by atoms with van der Waals surface area (Å²) in [6.45, 7) is 4.09.